The van der Waals surface area contributed by atoms with Gasteiger partial charge in [-0.25, -0.2) is 0 Å². The second-order valence-corrected chi connectivity index (χ2v) is 6.59. The zero-order chi connectivity index (χ0) is 17.2. The fraction of sp³-hybridized carbons (Fsp3) is 0.474. The Kier molecular flexibility index (Phi) is 4.94. The molecule has 3 atom stereocenters. The van der Waals surface area contributed by atoms with Gasteiger partial charge in [0.05, 0.1) is 19.1 Å². The molecule has 5 nitrogen and oxygen atoms in total. The number of rotatable bonds is 6. The van der Waals surface area contributed by atoms with Gasteiger partial charge in [0, 0.05) is 19.9 Å². The molecule has 1 unspecified atom stereocenters. The summed E-state index contributed by atoms with van der Waals surface area (Å²) in [7, 11) is 0. The molecule has 24 heavy (non-hydrogen) atoms. The molecule has 0 spiro atoms. The maximum Gasteiger partial charge on any atom is 0.245 e. The minimum atomic E-state index is -0.737. The van der Waals surface area contributed by atoms with E-state index in [9.17, 15) is 0 Å². The highest BCUT2D eigenvalue weighted by Gasteiger charge is 2.46. The molecular formula is C19H25NO4. The Balaban J connectivity index is 1.75. The molecule has 2 N–H and O–H groups in total. The van der Waals surface area contributed by atoms with E-state index in [0.717, 1.165) is 11.3 Å². The summed E-state index contributed by atoms with van der Waals surface area (Å²) in [4.78, 5) is 0. The van der Waals surface area contributed by atoms with Gasteiger partial charge in [-0.1, -0.05) is 36.4 Å². The second-order valence-electron chi connectivity index (χ2n) is 6.59. The van der Waals surface area contributed by atoms with Crippen LogP contribution in [0.15, 0.2) is 54.5 Å². The van der Waals surface area contributed by atoms with Crippen LogP contribution in [0.5, 0.6) is 0 Å². The van der Waals surface area contributed by atoms with Crippen molar-refractivity contribution >= 4 is 0 Å². The van der Waals surface area contributed by atoms with E-state index in [0.29, 0.717) is 25.4 Å². The third-order valence-electron chi connectivity index (χ3n) is 4.13. The fourth-order valence-corrected chi connectivity index (χ4v) is 2.96. The Morgan fingerprint density at radius 2 is 2.00 bits per heavy atom. The maximum absolute atomic E-state index is 6.25. The molecule has 0 aromatic heterocycles. The summed E-state index contributed by atoms with van der Waals surface area (Å²) >= 11 is 0. The van der Waals surface area contributed by atoms with Gasteiger partial charge >= 0.3 is 0 Å². The maximum atomic E-state index is 6.25. The molecule has 0 amide bonds. The predicted molar refractivity (Wildman–Crippen MR) is 90.5 cm³/mol. The number of nitrogens with two attached hydrogens (primary N) is 1. The number of hydrogen-bond donors (Lipinski definition) is 1. The van der Waals surface area contributed by atoms with Gasteiger partial charge in [0.15, 0.2) is 11.5 Å². The van der Waals surface area contributed by atoms with Crippen LogP contribution in [-0.2, 0) is 25.6 Å². The molecule has 130 valence electrons. The Labute approximate surface area is 143 Å². The molecule has 5 heteroatoms. The van der Waals surface area contributed by atoms with Gasteiger partial charge in [0.2, 0.25) is 12.1 Å². The van der Waals surface area contributed by atoms with E-state index in [1.54, 1.807) is 0 Å². The molecule has 0 radical (unpaired) electrons. The van der Waals surface area contributed by atoms with Crippen molar-refractivity contribution in [3.8, 4) is 0 Å². The van der Waals surface area contributed by atoms with E-state index in [1.807, 2.05) is 50.3 Å². The highest BCUT2D eigenvalue weighted by molar-refractivity contribution is 5.19. The third-order valence-corrected chi connectivity index (χ3v) is 4.13. The molecule has 1 aromatic rings. The topological polar surface area (TPSA) is 62.9 Å². The summed E-state index contributed by atoms with van der Waals surface area (Å²) in [5.41, 5.74) is 7.33. The van der Waals surface area contributed by atoms with Crippen LogP contribution in [0.3, 0.4) is 0 Å². The summed E-state index contributed by atoms with van der Waals surface area (Å²) in [6.07, 6.45) is 1.92. The standard InChI is InChI=1S/C19H25NO4/c1-4-8-15(20)14-12-22-18(17-16(14)23-19(2,3)24-17)21-11-13-9-6-5-7-10-13/h4-7,9-10,14-15,18H,1,8,11-12,20H2,2-3H3/t14-,15?,18-/m0/s1. The molecule has 3 rings (SSSR count). The average Bonchev–Trinajstić information content (AvgIpc) is 2.88. The quantitative estimate of drug-likeness (QED) is 0.812. The molecule has 2 aliphatic rings. The summed E-state index contributed by atoms with van der Waals surface area (Å²) in [5, 5.41) is 0. The van der Waals surface area contributed by atoms with Crippen molar-refractivity contribution in [2.75, 3.05) is 6.61 Å². The smallest absolute Gasteiger partial charge is 0.245 e. The van der Waals surface area contributed by atoms with Crippen molar-refractivity contribution < 1.29 is 18.9 Å². The van der Waals surface area contributed by atoms with E-state index in [-0.39, 0.29) is 12.0 Å². The van der Waals surface area contributed by atoms with Crippen molar-refractivity contribution in [1.29, 1.82) is 0 Å². The van der Waals surface area contributed by atoms with Gasteiger partial charge in [-0.15, -0.1) is 6.58 Å². The lowest BCUT2D eigenvalue weighted by Crippen LogP contribution is -2.40. The summed E-state index contributed by atoms with van der Waals surface area (Å²) in [6, 6.07) is 9.83. The normalized spacial score (nSPS) is 26.3. The molecule has 1 aromatic carbocycles. The number of benzene rings is 1. The van der Waals surface area contributed by atoms with Crippen LogP contribution in [0.4, 0.5) is 0 Å². The first kappa shape index (κ1) is 17.0. The largest absolute Gasteiger partial charge is 0.453 e. The van der Waals surface area contributed by atoms with Gasteiger partial charge in [-0.2, -0.15) is 0 Å². The minimum absolute atomic E-state index is 0.0589. The molecule has 2 heterocycles. The van der Waals surface area contributed by atoms with Gasteiger partial charge in [0.25, 0.3) is 0 Å². The predicted octanol–water partition coefficient (Wildman–Crippen LogP) is 3.07. The van der Waals surface area contributed by atoms with Gasteiger partial charge in [0.1, 0.15) is 0 Å². The number of ether oxygens (including phenoxy) is 4. The van der Waals surface area contributed by atoms with Crippen LogP contribution >= 0.6 is 0 Å². The van der Waals surface area contributed by atoms with E-state index >= 15 is 0 Å². The Morgan fingerprint density at radius 3 is 2.71 bits per heavy atom. The monoisotopic (exact) mass is 331 g/mol. The Morgan fingerprint density at radius 1 is 1.29 bits per heavy atom. The Bertz CT molecular complexity index is 611. The van der Waals surface area contributed by atoms with Crippen LogP contribution < -0.4 is 5.73 Å². The van der Waals surface area contributed by atoms with Gasteiger partial charge in [-0.05, 0) is 12.0 Å². The van der Waals surface area contributed by atoms with E-state index in [1.165, 1.54) is 0 Å². The minimum Gasteiger partial charge on any atom is -0.453 e. The van der Waals surface area contributed by atoms with Crippen LogP contribution in [0.1, 0.15) is 25.8 Å². The van der Waals surface area contributed by atoms with E-state index in [2.05, 4.69) is 6.58 Å². The highest BCUT2D eigenvalue weighted by Crippen LogP contribution is 2.41. The number of hydrogen-bond acceptors (Lipinski definition) is 5. The van der Waals surface area contributed by atoms with Crippen molar-refractivity contribution in [3.05, 3.63) is 60.1 Å². The first-order chi connectivity index (χ1) is 11.5. The lowest BCUT2D eigenvalue weighted by atomic mass is 9.94. The molecule has 0 saturated heterocycles. The summed E-state index contributed by atoms with van der Waals surface area (Å²) < 4.78 is 23.7. The van der Waals surface area contributed by atoms with Crippen LogP contribution in [0, 0.1) is 5.92 Å². The third kappa shape index (κ3) is 3.64. The van der Waals surface area contributed by atoms with Crippen molar-refractivity contribution in [1.82, 2.24) is 0 Å². The van der Waals surface area contributed by atoms with Crippen LogP contribution in [-0.4, -0.2) is 24.7 Å². The second kappa shape index (κ2) is 6.97. The highest BCUT2D eigenvalue weighted by atomic mass is 16.8. The molecule has 0 aliphatic carbocycles. The zero-order valence-corrected chi connectivity index (χ0v) is 14.2. The lowest BCUT2D eigenvalue weighted by Gasteiger charge is -2.30. The molecule has 0 bridgehead atoms. The first-order valence-electron chi connectivity index (χ1n) is 8.26. The van der Waals surface area contributed by atoms with E-state index in [4.69, 9.17) is 24.7 Å². The molecule has 2 aliphatic heterocycles. The molecular weight excluding hydrogens is 306 g/mol. The average molecular weight is 331 g/mol. The summed E-state index contributed by atoms with van der Waals surface area (Å²) in [6.45, 7) is 8.37. The zero-order valence-electron chi connectivity index (χ0n) is 14.2. The van der Waals surface area contributed by atoms with Crippen LogP contribution in [0.2, 0.25) is 0 Å². The van der Waals surface area contributed by atoms with Crippen molar-refractivity contribution in [2.24, 2.45) is 11.7 Å². The van der Waals surface area contributed by atoms with Crippen molar-refractivity contribution in [3.63, 3.8) is 0 Å². The first-order valence-corrected chi connectivity index (χ1v) is 8.26. The summed E-state index contributed by atoms with van der Waals surface area (Å²) in [5.74, 6) is 0.556. The van der Waals surface area contributed by atoms with Gasteiger partial charge in [-0.3, -0.25) is 0 Å². The van der Waals surface area contributed by atoms with Gasteiger partial charge < -0.3 is 24.7 Å². The Hall–Kier alpha value is -1.82. The molecule has 0 saturated carbocycles. The van der Waals surface area contributed by atoms with Crippen LogP contribution in [0.25, 0.3) is 0 Å². The fourth-order valence-electron chi connectivity index (χ4n) is 2.96. The van der Waals surface area contributed by atoms with E-state index < -0.39 is 12.1 Å². The lowest BCUT2D eigenvalue weighted by molar-refractivity contribution is -0.177. The van der Waals surface area contributed by atoms with Crippen molar-refractivity contribution in [2.45, 2.75) is 45.0 Å². The SMILES string of the molecule is C=CCC(N)[C@@H]1CO[C@H](OCc2ccccc2)C2=C1OC(C)(C)O2. The molecule has 0 fully saturated rings.